The average molecular weight is 700 g/mol. The summed E-state index contributed by atoms with van der Waals surface area (Å²) < 4.78 is 47.0. The molecule has 8 atom stereocenters. The molecule has 1 amide bonds. The summed E-state index contributed by atoms with van der Waals surface area (Å²) in [5.41, 5.74) is 0. The van der Waals surface area contributed by atoms with Gasteiger partial charge in [0.2, 0.25) is 5.91 Å². The summed E-state index contributed by atoms with van der Waals surface area (Å²) in [6.45, 7) is 3.12. The van der Waals surface area contributed by atoms with E-state index in [2.05, 4.69) is 23.3 Å². The van der Waals surface area contributed by atoms with Crippen LogP contribution in [0.2, 0.25) is 0 Å². The molecule has 280 valence electrons. The Morgan fingerprint density at radius 1 is 0.766 bits per heavy atom. The number of rotatable bonds is 29. The highest BCUT2D eigenvalue weighted by molar-refractivity contribution is 7.80. The standard InChI is InChI=1S/C33H65NO12S/c1-3-5-7-9-10-11-12-13-14-15-16-18-20-22-27(37)32(40)34-25(26(36)21-19-17-8-6-4-2)24-44-33-30(39)31(46-47(41,42)43)29(38)28(23-35)45-33/h25-31,33,35-39H,3-24H2,1-2H3,(H,34,40)(H,41,42,43). The topological polar surface area (TPSA) is 212 Å². The van der Waals surface area contributed by atoms with Crippen LogP contribution < -0.4 is 5.32 Å². The Morgan fingerprint density at radius 3 is 1.70 bits per heavy atom. The number of amides is 1. The van der Waals surface area contributed by atoms with Crippen molar-refractivity contribution >= 4 is 16.3 Å². The van der Waals surface area contributed by atoms with Crippen LogP contribution in [0.5, 0.6) is 0 Å². The summed E-state index contributed by atoms with van der Waals surface area (Å²) in [4.78, 5) is 12.9. The van der Waals surface area contributed by atoms with Gasteiger partial charge in [-0.05, 0) is 12.8 Å². The third-order valence-electron chi connectivity index (χ3n) is 8.77. The molecule has 8 unspecified atom stereocenters. The van der Waals surface area contributed by atoms with E-state index in [-0.39, 0.29) is 6.42 Å². The molecule has 47 heavy (non-hydrogen) atoms. The maximum absolute atomic E-state index is 12.9. The summed E-state index contributed by atoms with van der Waals surface area (Å²) >= 11 is 0. The predicted octanol–water partition coefficient (Wildman–Crippen LogP) is 3.68. The Labute approximate surface area is 282 Å². The van der Waals surface area contributed by atoms with Gasteiger partial charge in [-0.3, -0.25) is 9.35 Å². The van der Waals surface area contributed by atoms with Gasteiger partial charge in [0.1, 0.15) is 30.5 Å². The van der Waals surface area contributed by atoms with Gasteiger partial charge in [-0.15, -0.1) is 0 Å². The zero-order valence-electron chi connectivity index (χ0n) is 28.7. The van der Waals surface area contributed by atoms with Gasteiger partial charge in [0, 0.05) is 0 Å². The Hall–Kier alpha value is -0.940. The summed E-state index contributed by atoms with van der Waals surface area (Å²) in [7, 11) is -5.09. The molecule has 1 rings (SSSR count). The molecular weight excluding hydrogens is 634 g/mol. The van der Waals surface area contributed by atoms with E-state index in [9.17, 15) is 38.7 Å². The van der Waals surface area contributed by atoms with Crippen molar-refractivity contribution in [2.24, 2.45) is 0 Å². The van der Waals surface area contributed by atoms with Gasteiger partial charge in [-0.25, -0.2) is 4.18 Å². The van der Waals surface area contributed by atoms with Gasteiger partial charge < -0.3 is 40.3 Å². The van der Waals surface area contributed by atoms with Crippen molar-refractivity contribution in [1.29, 1.82) is 0 Å². The number of carbonyl (C=O) groups excluding carboxylic acids is 1. The van der Waals surface area contributed by atoms with Crippen molar-refractivity contribution in [3.8, 4) is 0 Å². The molecule has 13 nitrogen and oxygen atoms in total. The molecule has 0 aromatic carbocycles. The summed E-state index contributed by atoms with van der Waals surface area (Å²) in [6, 6.07) is -1.02. The van der Waals surface area contributed by atoms with Gasteiger partial charge >= 0.3 is 10.4 Å². The Bertz CT molecular complexity index is 895. The molecule has 0 aliphatic carbocycles. The molecule has 1 saturated heterocycles. The second kappa shape index (κ2) is 25.9. The third kappa shape index (κ3) is 19.7. The first kappa shape index (κ1) is 44.1. The second-order valence-corrected chi connectivity index (χ2v) is 14.0. The van der Waals surface area contributed by atoms with Gasteiger partial charge in [-0.1, -0.05) is 129 Å². The maximum Gasteiger partial charge on any atom is 0.397 e. The summed E-state index contributed by atoms with van der Waals surface area (Å²) in [5, 5.41) is 54.5. The van der Waals surface area contributed by atoms with E-state index >= 15 is 0 Å². The fourth-order valence-electron chi connectivity index (χ4n) is 5.82. The van der Waals surface area contributed by atoms with E-state index in [1.54, 1.807) is 0 Å². The molecule has 1 heterocycles. The van der Waals surface area contributed by atoms with Crippen LogP contribution in [0.25, 0.3) is 0 Å². The zero-order valence-corrected chi connectivity index (χ0v) is 29.5. The van der Waals surface area contributed by atoms with Crippen molar-refractivity contribution < 1.29 is 57.0 Å². The van der Waals surface area contributed by atoms with Crippen molar-refractivity contribution in [2.45, 2.75) is 191 Å². The third-order valence-corrected chi connectivity index (χ3v) is 9.24. The van der Waals surface area contributed by atoms with Crippen molar-refractivity contribution in [3.05, 3.63) is 0 Å². The molecule has 0 spiro atoms. The molecule has 7 N–H and O–H groups in total. The highest BCUT2D eigenvalue weighted by Gasteiger charge is 2.48. The number of unbranched alkanes of at least 4 members (excludes halogenated alkanes) is 16. The fourth-order valence-corrected chi connectivity index (χ4v) is 6.32. The van der Waals surface area contributed by atoms with E-state index in [0.717, 1.165) is 44.9 Å². The second-order valence-electron chi connectivity index (χ2n) is 13.0. The molecule has 0 radical (unpaired) electrons. The lowest BCUT2D eigenvalue weighted by Gasteiger charge is -2.41. The van der Waals surface area contributed by atoms with Crippen LogP contribution >= 0.6 is 0 Å². The van der Waals surface area contributed by atoms with Gasteiger partial charge in [0.15, 0.2) is 6.29 Å². The smallest absolute Gasteiger partial charge is 0.394 e. The molecular formula is C33H65NO12S. The Morgan fingerprint density at radius 2 is 1.23 bits per heavy atom. The van der Waals surface area contributed by atoms with Crippen LogP contribution in [-0.4, -0.2) is 107 Å². The molecule has 0 aromatic heterocycles. The number of hydrogen-bond acceptors (Lipinski definition) is 11. The highest BCUT2D eigenvalue weighted by atomic mass is 32.3. The first-order valence-corrected chi connectivity index (χ1v) is 19.4. The van der Waals surface area contributed by atoms with Crippen molar-refractivity contribution in [1.82, 2.24) is 5.32 Å². The summed E-state index contributed by atoms with van der Waals surface area (Å²) in [6.07, 6.45) is 9.50. The lowest BCUT2D eigenvalue weighted by atomic mass is 9.99. The number of aliphatic hydroxyl groups excluding tert-OH is 5. The number of ether oxygens (including phenoxy) is 2. The Balaban J connectivity index is 2.61. The Kier molecular flexibility index (Phi) is 24.3. The minimum atomic E-state index is -5.09. The SMILES string of the molecule is CCCCCCCCCCCCCCCC(O)C(=O)NC(COC1OC(CO)C(O)C(OS(=O)(=O)O)C1O)C(O)CCCCCCC. The van der Waals surface area contributed by atoms with Crippen molar-refractivity contribution in [3.63, 3.8) is 0 Å². The van der Waals surface area contributed by atoms with E-state index in [4.69, 9.17) is 14.0 Å². The van der Waals surface area contributed by atoms with Crippen LogP contribution in [-0.2, 0) is 28.9 Å². The largest absolute Gasteiger partial charge is 0.397 e. The first-order valence-electron chi connectivity index (χ1n) is 18.0. The molecule has 0 saturated carbocycles. The normalized spacial score (nSPS) is 23.8. The predicted molar refractivity (Wildman–Crippen MR) is 178 cm³/mol. The molecule has 1 fully saturated rings. The van der Waals surface area contributed by atoms with E-state index in [0.29, 0.717) is 19.3 Å². The van der Waals surface area contributed by atoms with Crippen LogP contribution in [0.1, 0.15) is 142 Å². The van der Waals surface area contributed by atoms with Gasteiger partial charge in [0.05, 0.1) is 25.4 Å². The number of nitrogens with one attached hydrogen (secondary N) is 1. The molecule has 0 aromatic rings. The minimum Gasteiger partial charge on any atom is -0.394 e. The van der Waals surface area contributed by atoms with Crippen LogP contribution in [0, 0.1) is 0 Å². The van der Waals surface area contributed by atoms with Crippen LogP contribution in [0.3, 0.4) is 0 Å². The zero-order chi connectivity index (χ0) is 35.1. The first-order chi connectivity index (χ1) is 22.4. The molecule has 14 heteroatoms. The lowest BCUT2D eigenvalue weighted by molar-refractivity contribution is -0.298. The molecule has 0 bridgehead atoms. The van der Waals surface area contributed by atoms with Gasteiger partial charge in [-0.2, -0.15) is 8.42 Å². The van der Waals surface area contributed by atoms with E-state index < -0.39 is 78.5 Å². The monoisotopic (exact) mass is 699 g/mol. The summed E-state index contributed by atoms with van der Waals surface area (Å²) in [5.74, 6) is -0.677. The number of hydrogen-bond donors (Lipinski definition) is 7. The minimum absolute atomic E-state index is 0.263. The van der Waals surface area contributed by atoms with E-state index in [1.807, 2.05) is 0 Å². The maximum atomic E-state index is 12.9. The van der Waals surface area contributed by atoms with E-state index in [1.165, 1.54) is 57.8 Å². The van der Waals surface area contributed by atoms with Gasteiger partial charge in [0.25, 0.3) is 0 Å². The van der Waals surface area contributed by atoms with Crippen molar-refractivity contribution in [2.75, 3.05) is 13.2 Å². The lowest BCUT2D eigenvalue weighted by Crippen LogP contribution is -2.61. The molecule has 1 aliphatic heterocycles. The van der Waals surface area contributed by atoms with Crippen LogP contribution in [0.4, 0.5) is 0 Å². The highest BCUT2D eigenvalue weighted by Crippen LogP contribution is 2.26. The average Bonchev–Trinajstić information content (AvgIpc) is 3.03. The number of aliphatic hydroxyl groups is 5. The quantitative estimate of drug-likeness (QED) is 0.0440. The van der Waals surface area contributed by atoms with Crippen LogP contribution in [0.15, 0.2) is 0 Å². The number of carbonyl (C=O) groups is 1. The fraction of sp³-hybridized carbons (Fsp3) is 0.970. The molecule has 1 aliphatic rings.